The van der Waals surface area contributed by atoms with Gasteiger partial charge in [-0.3, -0.25) is 0 Å². The number of hydrogen-bond donors (Lipinski definition) is 0. The maximum atomic E-state index is 2.52. The fourth-order valence-electron chi connectivity index (χ4n) is 5.39. The summed E-state index contributed by atoms with van der Waals surface area (Å²) >= 11 is 0. The van der Waals surface area contributed by atoms with Crippen LogP contribution < -0.4 is 5.46 Å². The minimum Gasteiger partial charge on any atom is -0.0726 e. The molecular formula is C28H35B. The molecule has 0 spiro atoms. The fraction of sp³-hybridized carbons (Fsp3) is 0.429. The SMILES string of the molecule is Cc1cc2c3c(cccc3c1)CB(c1c(C(C)C)cc(C(C)C)cc1C(C)C)C2. The van der Waals surface area contributed by atoms with Gasteiger partial charge in [0.1, 0.15) is 0 Å². The fourth-order valence-corrected chi connectivity index (χ4v) is 5.39. The van der Waals surface area contributed by atoms with E-state index in [1.165, 1.54) is 27.5 Å². The van der Waals surface area contributed by atoms with Gasteiger partial charge in [0, 0.05) is 0 Å². The molecular weight excluding hydrogens is 347 g/mol. The summed E-state index contributed by atoms with van der Waals surface area (Å²) in [6.45, 7) is 16.9. The first kappa shape index (κ1) is 20.3. The van der Waals surface area contributed by atoms with E-state index in [1.807, 2.05) is 0 Å². The Morgan fingerprint density at radius 2 is 1.34 bits per heavy atom. The van der Waals surface area contributed by atoms with Crippen molar-refractivity contribution < 1.29 is 0 Å². The highest BCUT2D eigenvalue weighted by molar-refractivity contribution is 6.74. The highest BCUT2D eigenvalue weighted by atomic mass is 14.2. The average Bonchev–Trinajstić information content (AvgIpc) is 2.66. The lowest BCUT2D eigenvalue weighted by Crippen LogP contribution is -2.43. The van der Waals surface area contributed by atoms with Crippen LogP contribution in [0.3, 0.4) is 0 Å². The summed E-state index contributed by atoms with van der Waals surface area (Å²) in [4.78, 5) is 0. The molecule has 0 nitrogen and oxygen atoms in total. The highest BCUT2D eigenvalue weighted by Gasteiger charge is 2.30. The summed E-state index contributed by atoms with van der Waals surface area (Å²) in [5.74, 6) is 1.68. The van der Waals surface area contributed by atoms with E-state index in [1.54, 1.807) is 22.2 Å². The predicted molar refractivity (Wildman–Crippen MR) is 130 cm³/mol. The van der Waals surface area contributed by atoms with Crippen LogP contribution in [0.1, 0.15) is 92.7 Å². The van der Waals surface area contributed by atoms with E-state index in [-0.39, 0.29) is 0 Å². The first-order valence-electron chi connectivity index (χ1n) is 11.4. The summed E-state index contributed by atoms with van der Waals surface area (Å²) in [6, 6.07) is 16.7. The maximum Gasteiger partial charge on any atom is 0.185 e. The van der Waals surface area contributed by atoms with Gasteiger partial charge in [0.05, 0.1) is 0 Å². The van der Waals surface area contributed by atoms with Crippen LogP contribution in [0, 0.1) is 6.92 Å². The normalized spacial score (nSPS) is 13.9. The van der Waals surface area contributed by atoms with E-state index in [0.717, 1.165) is 12.6 Å². The molecule has 0 amide bonds. The molecule has 0 N–H and O–H groups in total. The van der Waals surface area contributed by atoms with Crippen molar-refractivity contribution in [3.63, 3.8) is 0 Å². The van der Waals surface area contributed by atoms with Crippen LogP contribution >= 0.6 is 0 Å². The molecule has 0 saturated carbocycles. The Bertz CT molecular complexity index is 1030. The van der Waals surface area contributed by atoms with E-state index in [2.05, 4.69) is 90.9 Å². The summed E-state index contributed by atoms with van der Waals surface area (Å²) in [5.41, 5.74) is 10.8. The summed E-state index contributed by atoms with van der Waals surface area (Å²) in [7, 11) is 0. The Morgan fingerprint density at radius 1 is 0.724 bits per heavy atom. The lowest BCUT2D eigenvalue weighted by atomic mass is 9.35. The third kappa shape index (κ3) is 3.65. The van der Waals surface area contributed by atoms with Crippen LogP contribution in [0.15, 0.2) is 42.5 Å². The molecule has 0 unspecified atom stereocenters. The largest absolute Gasteiger partial charge is 0.185 e. The molecule has 0 fully saturated rings. The lowest BCUT2D eigenvalue weighted by Gasteiger charge is -2.30. The molecule has 29 heavy (non-hydrogen) atoms. The minimum atomic E-state index is 0.552. The van der Waals surface area contributed by atoms with Crippen LogP contribution in [0.25, 0.3) is 10.8 Å². The monoisotopic (exact) mass is 382 g/mol. The van der Waals surface area contributed by atoms with Crippen molar-refractivity contribution >= 4 is 22.9 Å². The van der Waals surface area contributed by atoms with Gasteiger partial charge in [-0.25, -0.2) is 0 Å². The van der Waals surface area contributed by atoms with Gasteiger partial charge in [-0.05, 0) is 64.8 Å². The molecule has 0 aromatic heterocycles. The Kier molecular flexibility index (Phi) is 5.36. The Morgan fingerprint density at radius 3 is 1.93 bits per heavy atom. The molecule has 0 aliphatic carbocycles. The van der Waals surface area contributed by atoms with Crippen LogP contribution in [0.4, 0.5) is 0 Å². The zero-order valence-corrected chi connectivity index (χ0v) is 19.3. The zero-order valence-electron chi connectivity index (χ0n) is 19.3. The lowest BCUT2D eigenvalue weighted by molar-refractivity contribution is 0.811. The van der Waals surface area contributed by atoms with Gasteiger partial charge in [-0.1, -0.05) is 106 Å². The smallest absolute Gasteiger partial charge is 0.0726 e. The van der Waals surface area contributed by atoms with E-state index in [0.29, 0.717) is 24.5 Å². The van der Waals surface area contributed by atoms with Gasteiger partial charge in [-0.15, -0.1) is 0 Å². The molecule has 1 heteroatoms. The first-order valence-corrected chi connectivity index (χ1v) is 11.4. The van der Waals surface area contributed by atoms with Crippen molar-refractivity contribution in [3.8, 4) is 0 Å². The van der Waals surface area contributed by atoms with Crippen LogP contribution in [-0.4, -0.2) is 6.71 Å². The third-order valence-corrected chi connectivity index (χ3v) is 6.81. The highest BCUT2D eigenvalue weighted by Crippen LogP contribution is 2.33. The molecule has 1 aliphatic rings. The first-order chi connectivity index (χ1) is 13.8. The second-order valence-corrected chi connectivity index (χ2v) is 10.1. The predicted octanol–water partition coefficient (Wildman–Crippen LogP) is 7.10. The Balaban J connectivity index is 1.91. The Labute approximate surface area is 177 Å². The summed E-state index contributed by atoms with van der Waals surface area (Å²) in [5, 5.41) is 2.93. The number of hydrogen-bond acceptors (Lipinski definition) is 0. The van der Waals surface area contributed by atoms with Gasteiger partial charge in [0.15, 0.2) is 6.71 Å². The number of rotatable bonds is 4. The summed E-state index contributed by atoms with van der Waals surface area (Å²) in [6.07, 6.45) is 2.32. The average molecular weight is 382 g/mol. The van der Waals surface area contributed by atoms with Gasteiger partial charge < -0.3 is 0 Å². The Hall–Kier alpha value is -2.02. The van der Waals surface area contributed by atoms with Crippen molar-refractivity contribution in [3.05, 3.63) is 75.8 Å². The standard InChI is InChI=1S/C28H35B/c1-17(2)23-13-25(18(3)4)28(26(14-23)19(5)6)29-15-22-10-8-9-21-11-20(7)12-24(16-29)27(21)22/h8-14,17-19H,15-16H2,1-7H3. The number of benzene rings is 3. The van der Waals surface area contributed by atoms with Gasteiger partial charge in [-0.2, -0.15) is 0 Å². The molecule has 1 heterocycles. The molecule has 0 atom stereocenters. The number of aryl methyl sites for hydroxylation is 1. The quantitative estimate of drug-likeness (QED) is 0.422. The second-order valence-electron chi connectivity index (χ2n) is 10.1. The van der Waals surface area contributed by atoms with Crippen molar-refractivity contribution in [2.75, 3.05) is 0 Å². The van der Waals surface area contributed by atoms with Crippen LogP contribution in [-0.2, 0) is 12.6 Å². The molecule has 0 saturated heterocycles. The minimum absolute atomic E-state index is 0.552. The van der Waals surface area contributed by atoms with Gasteiger partial charge in [0.25, 0.3) is 0 Å². The van der Waals surface area contributed by atoms with Crippen LogP contribution in [0.2, 0.25) is 0 Å². The van der Waals surface area contributed by atoms with Crippen LogP contribution in [0.5, 0.6) is 0 Å². The molecule has 150 valence electrons. The van der Waals surface area contributed by atoms with Crippen molar-refractivity contribution in [2.45, 2.75) is 78.9 Å². The molecule has 4 rings (SSSR count). The van der Waals surface area contributed by atoms with E-state index in [9.17, 15) is 0 Å². The topological polar surface area (TPSA) is 0 Å². The second kappa shape index (κ2) is 7.67. The maximum absolute atomic E-state index is 2.52. The van der Waals surface area contributed by atoms with Crippen molar-refractivity contribution in [1.82, 2.24) is 0 Å². The molecule has 0 radical (unpaired) electrons. The van der Waals surface area contributed by atoms with Gasteiger partial charge >= 0.3 is 0 Å². The van der Waals surface area contributed by atoms with Crippen molar-refractivity contribution in [2.24, 2.45) is 0 Å². The van der Waals surface area contributed by atoms with E-state index < -0.39 is 0 Å². The molecule has 1 aliphatic heterocycles. The van der Waals surface area contributed by atoms with Gasteiger partial charge in [0.2, 0.25) is 0 Å². The zero-order chi connectivity index (χ0) is 20.9. The third-order valence-electron chi connectivity index (χ3n) is 6.81. The van der Waals surface area contributed by atoms with E-state index >= 15 is 0 Å². The van der Waals surface area contributed by atoms with E-state index in [4.69, 9.17) is 0 Å². The molecule has 3 aromatic carbocycles. The summed E-state index contributed by atoms with van der Waals surface area (Å²) < 4.78 is 0. The molecule has 0 bridgehead atoms. The van der Waals surface area contributed by atoms with Crippen molar-refractivity contribution in [1.29, 1.82) is 0 Å². The molecule has 3 aromatic rings.